The van der Waals surface area contributed by atoms with Gasteiger partial charge >= 0.3 is 6.18 Å². The van der Waals surface area contributed by atoms with Crippen LogP contribution >= 0.6 is 0 Å². The number of anilines is 3. The highest BCUT2D eigenvalue weighted by Crippen LogP contribution is 2.31. The van der Waals surface area contributed by atoms with E-state index in [0.717, 1.165) is 17.8 Å². The first kappa shape index (κ1) is 19.4. The normalized spacial score (nSPS) is 11.5. The molecule has 0 atom stereocenters. The van der Waals surface area contributed by atoms with Crippen molar-refractivity contribution < 1.29 is 18.0 Å². The third-order valence-corrected chi connectivity index (χ3v) is 4.33. The highest BCUT2D eigenvalue weighted by Gasteiger charge is 2.30. The van der Waals surface area contributed by atoms with Crippen molar-refractivity contribution in [3.63, 3.8) is 0 Å². The first-order valence-electron chi connectivity index (χ1n) is 8.98. The zero-order valence-corrected chi connectivity index (χ0v) is 15.7. The maximum absolute atomic E-state index is 12.8. The lowest BCUT2D eigenvalue weighted by Crippen LogP contribution is -2.05. The SMILES string of the molecule is CC(=O)Nc1ccc(Nc2nc3cccc(-c4ccc(C(F)(F)F)cc4)n3n2)cc1. The van der Waals surface area contributed by atoms with Gasteiger partial charge in [-0.15, -0.1) is 5.10 Å². The van der Waals surface area contributed by atoms with Gasteiger partial charge in [-0.05, 0) is 48.5 Å². The largest absolute Gasteiger partial charge is 0.416 e. The van der Waals surface area contributed by atoms with Gasteiger partial charge in [-0.3, -0.25) is 4.79 Å². The molecule has 0 aliphatic heterocycles. The number of nitrogens with one attached hydrogen (secondary N) is 2. The van der Waals surface area contributed by atoms with Crippen molar-refractivity contribution in [2.45, 2.75) is 13.1 Å². The van der Waals surface area contributed by atoms with Crippen LogP contribution in [-0.4, -0.2) is 20.5 Å². The molecule has 2 heterocycles. The van der Waals surface area contributed by atoms with Crippen molar-refractivity contribution in [2.75, 3.05) is 10.6 Å². The fraction of sp³-hybridized carbons (Fsp3) is 0.0952. The molecule has 6 nitrogen and oxygen atoms in total. The lowest BCUT2D eigenvalue weighted by atomic mass is 10.1. The second-order valence-corrected chi connectivity index (χ2v) is 6.58. The molecule has 0 fully saturated rings. The van der Waals surface area contributed by atoms with Crippen LogP contribution in [0.25, 0.3) is 16.9 Å². The molecule has 2 aromatic heterocycles. The van der Waals surface area contributed by atoms with Crippen LogP contribution in [0.5, 0.6) is 0 Å². The van der Waals surface area contributed by atoms with Crippen molar-refractivity contribution in [2.24, 2.45) is 0 Å². The number of rotatable bonds is 4. The molecule has 4 aromatic rings. The molecule has 0 unspecified atom stereocenters. The molecule has 152 valence electrons. The third-order valence-electron chi connectivity index (χ3n) is 4.33. The number of benzene rings is 2. The number of amides is 1. The van der Waals surface area contributed by atoms with E-state index in [1.165, 1.54) is 19.1 Å². The Morgan fingerprint density at radius 2 is 1.60 bits per heavy atom. The van der Waals surface area contributed by atoms with Gasteiger partial charge in [0, 0.05) is 23.9 Å². The van der Waals surface area contributed by atoms with Crippen LogP contribution in [-0.2, 0) is 11.0 Å². The van der Waals surface area contributed by atoms with Crippen LogP contribution in [0.1, 0.15) is 12.5 Å². The van der Waals surface area contributed by atoms with Crippen LogP contribution in [0.15, 0.2) is 66.7 Å². The van der Waals surface area contributed by atoms with Crippen LogP contribution in [0.3, 0.4) is 0 Å². The maximum Gasteiger partial charge on any atom is 0.416 e. The molecule has 4 rings (SSSR count). The summed E-state index contributed by atoms with van der Waals surface area (Å²) in [5, 5.41) is 10.2. The number of hydrogen-bond acceptors (Lipinski definition) is 4. The van der Waals surface area contributed by atoms with Gasteiger partial charge in [-0.25, -0.2) is 4.52 Å². The summed E-state index contributed by atoms with van der Waals surface area (Å²) in [6, 6.07) is 17.2. The van der Waals surface area contributed by atoms with Crippen molar-refractivity contribution in [3.8, 4) is 11.3 Å². The predicted molar refractivity (Wildman–Crippen MR) is 107 cm³/mol. The van der Waals surface area contributed by atoms with Crippen LogP contribution in [0, 0.1) is 0 Å². The number of carbonyl (C=O) groups excluding carboxylic acids is 1. The van der Waals surface area contributed by atoms with Crippen LogP contribution in [0.4, 0.5) is 30.5 Å². The fourth-order valence-electron chi connectivity index (χ4n) is 2.98. The number of carbonyl (C=O) groups is 1. The topological polar surface area (TPSA) is 71.3 Å². The Balaban J connectivity index is 1.61. The lowest BCUT2D eigenvalue weighted by Gasteiger charge is -2.08. The summed E-state index contributed by atoms with van der Waals surface area (Å²) in [5.41, 5.74) is 2.43. The minimum atomic E-state index is -4.38. The Bertz CT molecular complexity index is 1200. The smallest absolute Gasteiger partial charge is 0.326 e. The number of halogens is 3. The summed E-state index contributed by atoms with van der Waals surface area (Å²) in [4.78, 5) is 15.5. The average molecular weight is 411 g/mol. The average Bonchev–Trinajstić information content (AvgIpc) is 3.11. The monoisotopic (exact) mass is 411 g/mol. The fourth-order valence-corrected chi connectivity index (χ4v) is 2.98. The number of hydrogen-bond donors (Lipinski definition) is 2. The molecule has 0 aliphatic carbocycles. The Labute approximate surface area is 169 Å². The molecule has 2 aromatic carbocycles. The molecular weight excluding hydrogens is 395 g/mol. The van der Waals surface area contributed by atoms with E-state index in [2.05, 4.69) is 20.7 Å². The van der Waals surface area contributed by atoms with Crippen molar-refractivity contribution in [3.05, 3.63) is 72.3 Å². The van der Waals surface area contributed by atoms with E-state index < -0.39 is 11.7 Å². The molecule has 0 radical (unpaired) electrons. The molecule has 0 saturated heterocycles. The Morgan fingerprint density at radius 1 is 0.933 bits per heavy atom. The van der Waals surface area contributed by atoms with Gasteiger partial charge in [0.2, 0.25) is 11.9 Å². The Kier molecular flexibility index (Phi) is 4.86. The van der Waals surface area contributed by atoms with E-state index in [4.69, 9.17) is 0 Å². The predicted octanol–water partition coefficient (Wildman–Crippen LogP) is 5.12. The van der Waals surface area contributed by atoms with Gasteiger partial charge in [-0.1, -0.05) is 18.2 Å². The quantitative estimate of drug-likeness (QED) is 0.489. The number of aromatic nitrogens is 3. The van der Waals surface area contributed by atoms with Gasteiger partial charge in [0.1, 0.15) is 0 Å². The number of alkyl halides is 3. The summed E-state index contributed by atoms with van der Waals surface area (Å²) in [5.74, 6) is 0.176. The molecule has 0 bridgehead atoms. The van der Waals surface area contributed by atoms with Gasteiger partial charge in [-0.2, -0.15) is 18.2 Å². The first-order valence-corrected chi connectivity index (χ1v) is 8.98. The van der Waals surface area contributed by atoms with Gasteiger partial charge < -0.3 is 10.6 Å². The lowest BCUT2D eigenvalue weighted by molar-refractivity contribution is -0.137. The Hall–Kier alpha value is -3.88. The second kappa shape index (κ2) is 7.51. The third kappa shape index (κ3) is 4.09. The Morgan fingerprint density at radius 3 is 2.23 bits per heavy atom. The molecule has 1 amide bonds. The van der Waals surface area contributed by atoms with E-state index in [9.17, 15) is 18.0 Å². The van der Waals surface area contributed by atoms with E-state index >= 15 is 0 Å². The van der Waals surface area contributed by atoms with Gasteiger partial charge in [0.25, 0.3) is 0 Å². The number of fused-ring (bicyclic) bond motifs is 1. The summed E-state index contributed by atoms with van der Waals surface area (Å²) >= 11 is 0. The molecule has 30 heavy (non-hydrogen) atoms. The van der Waals surface area contributed by atoms with E-state index in [0.29, 0.717) is 28.5 Å². The van der Waals surface area contributed by atoms with E-state index in [1.807, 2.05) is 0 Å². The molecule has 0 spiro atoms. The minimum Gasteiger partial charge on any atom is -0.326 e. The van der Waals surface area contributed by atoms with Crippen molar-refractivity contribution in [1.29, 1.82) is 0 Å². The zero-order valence-electron chi connectivity index (χ0n) is 15.7. The number of nitrogens with zero attached hydrogens (tertiary/aromatic N) is 3. The highest BCUT2D eigenvalue weighted by atomic mass is 19.4. The summed E-state index contributed by atoms with van der Waals surface area (Å²) < 4.78 is 40.0. The standard InChI is InChI=1S/C21H16F3N5O/c1-13(30)25-16-9-11-17(12-10-16)26-20-27-19-4-2-3-18(29(19)28-20)14-5-7-15(8-6-14)21(22,23)24/h2-12H,1H3,(H,25,30)(H,26,28). The van der Waals surface area contributed by atoms with Crippen molar-refractivity contribution in [1.82, 2.24) is 14.6 Å². The summed E-state index contributed by atoms with van der Waals surface area (Å²) in [7, 11) is 0. The van der Waals surface area contributed by atoms with Crippen LogP contribution < -0.4 is 10.6 Å². The maximum atomic E-state index is 12.8. The van der Waals surface area contributed by atoms with Gasteiger partial charge in [0.05, 0.1) is 11.3 Å². The van der Waals surface area contributed by atoms with Crippen LogP contribution in [0.2, 0.25) is 0 Å². The first-order chi connectivity index (χ1) is 14.3. The van der Waals surface area contributed by atoms with E-state index in [-0.39, 0.29) is 5.91 Å². The zero-order chi connectivity index (χ0) is 21.3. The highest BCUT2D eigenvalue weighted by molar-refractivity contribution is 5.88. The van der Waals surface area contributed by atoms with E-state index in [1.54, 1.807) is 47.0 Å². The second-order valence-electron chi connectivity index (χ2n) is 6.58. The molecule has 0 saturated carbocycles. The van der Waals surface area contributed by atoms with Crippen molar-refractivity contribution >= 4 is 28.9 Å². The molecule has 2 N–H and O–H groups in total. The summed E-state index contributed by atoms with van der Waals surface area (Å²) in [6.07, 6.45) is -4.38. The molecular formula is C21H16F3N5O. The molecule has 0 aliphatic rings. The van der Waals surface area contributed by atoms with Gasteiger partial charge in [0.15, 0.2) is 5.65 Å². The number of pyridine rings is 1. The molecule has 9 heteroatoms. The minimum absolute atomic E-state index is 0.159. The summed E-state index contributed by atoms with van der Waals surface area (Å²) in [6.45, 7) is 1.43.